The van der Waals surface area contributed by atoms with Crippen LogP contribution in [0.4, 0.5) is 0 Å². The van der Waals surface area contributed by atoms with Gasteiger partial charge >= 0.3 is 0 Å². The Morgan fingerprint density at radius 1 is 1.35 bits per heavy atom. The van der Waals surface area contributed by atoms with Crippen LogP contribution in [0.15, 0.2) is 30.3 Å². The summed E-state index contributed by atoms with van der Waals surface area (Å²) in [5.41, 5.74) is 6.72. The second kappa shape index (κ2) is 6.89. The topological polar surface area (TPSA) is 55.1 Å². The molecule has 2 rings (SSSR count). The van der Waals surface area contributed by atoms with E-state index in [9.17, 15) is 4.79 Å². The first-order chi connectivity index (χ1) is 9.68. The van der Waals surface area contributed by atoms with Gasteiger partial charge in [-0.3, -0.25) is 4.79 Å². The monoisotopic (exact) mass is 274 g/mol. The lowest BCUT2D eigenvalue weighted by Crippen LogP contribution is -2.54. The van der Waals surface area contributed by atoms with Crippen molar-refractivity contribution in [3.8, 4) is 0 Å². The van der Waals surface area contributed by atoms with Gasteiger partial charge in [0.05, 0.1) is 0 Å². The minimum Gasteiger partial charge on any atom is -0.370 e. The molecule has 2 unspecified atom stereocenters. The Bertz CT molecular complexity index is 432. The smallest absolute Gasteiger partial charge is 0.219 e. The minimum atomic E-state index is -0.198. The number of rotatable bonds is 6. The number of nitrogens with two attached hydrogens (primary N) is 1. The Kier molecular flexibility index (Phi) is 5.18. The third-order valence-electron chi connectivity index (χ3n) is 4.45. The van der Waals surface area contributed by atoms with Crippen LogP contribution < -0.4 is 11.1 Å². The van der Waals surface area contributed by atoms with Crippen LogP contribution in [-0.4, -0.2) is 18.0 Å². The second-order valence-corrected chi connectivity index (χ2v) is 5.94. The molecule has 1 aromatic rings. The van der Waals surface area contributed by atoms with Gasteiger partial charge in [0.15, 0.2) is 0 Å². The lowest BCUT2D eigenvalue weighted by molar-refractivity contribution is -0.120. The van der Waals surface area contributed by atoms with Gasteiger partial charge < -0.3 is 11.1 Å². The van der Waals surface area contributed by atoms with E-state index in [-0.39, 0.29) is 11.4 Å². The highest BCUT2D eigenvalue weighted by Crippen LogP contribution is 2.42. The van der Waals surface area contributed by atoms with Crippen molar-refractivity contribution < 1.29 is 4.79 Å². The molecule has 1 fully saturated rings. The molecule has 0 aromatic heterocycles. The van der Waals surface area contributed by atoms with Crippen LogP contribution >= 0.6 is 0 Å². The van der Waals surface area contributed by atoms with Gasteiger partial charge in [0, 0.05) is 17.9 Å². The Morgan fingerprint density at radius 3 is 2.75 bits per heavy atom. The zero-order valence-corrected chi connectivity index (χ0v) is 12.4. The molecule has 3 N–H and O–H groups in total. The summed E-state index contributed by atoms with van der Waals surface area (Å²) >= 11 is 0. The van der Waals surface area contributed by atoms with Crippen LogP contribution in [0.5, 0.6) is 0 Å². The first-order valence-corrected chi connectivity index (χ1v) is 7.76. The highest BCUT2D eigenvalue weighted by atomic mass is 16.1. The Morgan fingerprint density at radius 2 is 2.10 bits per heavy atom. The molecule has 1 saturated carbocycles. The van der Waals surface area contributed by atoms with E-state index in [0.717, 1.165) is 25.8 Å². The molecule has 0 heterocycles. The third-order valence-corrected chi connectivity index (χ3v) is 4.45. The summed E-state index contributed by atoms with van der Waals surface area (Å²) in [7, 11) is 0. The maximum atomic E-state index is 11.6. The first kappa shape index (κ1) is 15.0. The van der Waals surface area contributed by atoms with E-state index < -0.39 is 0 Å². The van der Waals surface area contributed by atoms with Crippen molar-refractivity contribution >= 4 is 5.91 Å². The van der Waals surface area contributed by atoms with Crippen molar-refractivity contribution in [2.24, 2.45) is 5.73 Å². The molecule has 1 aliphatic rings. The molecule has 0 saturated heterocycles. The predicted molar refractivity (Wildman–Crippen MR) is 82.5 cm³/mol. The summed E-state index contributed by atoms with van der Waals surface area (Å²) in [5.74, 6) is 0.188. The Labute approximate surface area is 121 Å². The van der Waals surface area contributed by atoms with Crippen molar-refractivity contribution in [2.75, 3.05) is 6.54 Å². The van der Waals surface area contributed by atoms with Crippen molar-refractivity contribution in [3.05, 3.63) is 35.9 Å². The van der Waals surface area contributed by atoms with Crippen molar-refractivity contribution in [2.45, 2.75) is 56.9 Å². The number of nitrogens with one attached hydrogen (secondary N) is 1. The van der Waals surface area contributed by atoms with Gasteiger partial charge in [0.2, 0.25) is 5.91 Å². The standard InChI is InChI=1S/C17H26N2O/c1-2-12-19-17(13-16(18)20)11-7-6-10-15(17)14-8-4-3-5-9-14/h3-5,8-9,15,19H,2,6-7,10-13H2,1H3,(H2,18,20). The lowest BCUT2D eigenvalue weighted by atomic mass is 9.67. The van der Waals surface area contributed by atoms with Crippen LogP contribution in [0.25, 0.3) is 0 Å². The molecule has 1 aromatic carbocycles. The van der Waals surface area contributed by atoms with E-state index >= 15 is 0 Å². The van der Waals surface area contributed by atoms with E-state index in [2.05, 4.69) is 36.5 Å². The number of carbonyl (C=O) groups is 1. The number of hydrogen-bond acceptors (Lipinski definition) is 2. The second-order valence-electron chi connectivity index (χ2n) is 5.94. The molecule has 20 heavy (non-hydrogen) atoms. The zero-order chi connectivity index (χ0) is 14.4. The fourth-order valence-electron chi connectivity index (χ4n) is 3.58. The highest BCUT2D eigenvalue weighted by Gasteiger charge is 2.41. The zero-order valence-electron chi connectivity index (χ0n) is 12.4. The summed E-state index contributed by atoms with van der Waals surface area (Å²) < 4.78 is 0. The van der Waals surface area contributed by atoms with Crippen LogP contribution in [0, 0.1) is 0 Å². The highest BCUT2D eigenvalue weighted by molar-refractivity contribution is 5.75. The van der Waals surface area contributed by atoms with Gasteiger partial charge in [-0.2, -0.15) is 0 Å². The SMILES string of the molecule is CCCNC1(CC(N)=O)CCCCC1c1ccccc1. The third kappa shape index (κ3) is 3.40. The molecular formula is C17H26N2O. The van der Waals surface area contributed by atoms with E-state index in [1.165, 1.54) is 18.4 Å². The van der Waals surface area contributed by atoms with Gasteiger partial charge in [0.1, 0.15) is 0 Å². The molecule has 2 atom stereocenters. The Hall–Kier alpha value is -1.35. The van der Waals surface area contributed by atoms with Gasteiger partial charge in [-0.1, -0.05) is 50.1 Å². The maximum absolute atomic E-state index is 11.6. The van der Waals surface area contributed by atoms with Gasteiger partial charge in [-0.05, 0) is 31.4 Å². The van der Waals surface area contributed by atoms with E-state index in [0.29, 0.717) is 12.3 Å². The molecule has 110 valence electrons. The lowest BCUT2D eigenvalue weighted by Gasteiger charge is -2.45. The van der Waals surface area contributed by atoms with Crippen LogP contribution in [0.1, 0.15) is 56.9 Å². The number of primary amides is 1. The normalized spacial score (nSPS) is 26.4. The molecule has 1 aliphatic carbocycles. The molecule has 3 heteroatoms. The molecule has 0 spiro atoms. The number of amides is 1. The summed E-state index contributed by atoms with van der Waals surface area (Å²) in [6.45, 7) is 3.10. The maximum Gasteiger partial charge on any atom is 0.219 e. The molecule has 0 bridgehead atoms. The van der Waals surface area contributed by atoms with Crippen molar-refractivity contribution in [1.82, 2.24) is 5.32 Å². The molecule has 0 radical (unpaired) electrons. The largest absolute Gasteiger partial charge is 0.370 e. The molecule has 3 nitrogen and oxygen atoms in total. The fraction of sp³-hybridized carbons (Fsp3) is 0.588. The number of benzene rings is 1. The van der Waals surface area contributed by atoms with Crippen molar-refractivity contribution in [1.29, 1.82) is 0 Å². The van der Waals surface area contributed by atoms with Crippen LogP contribution in [0.3, 0.4) is 0 Å². The van der Waals surface area contributed by atoms with E-state index in [4.69, 9.17) is 5.73 Å². The van der Waals surface area contributed by atoms with E-state index in [1.807, 2.05) is 6.07 Å². The predicted octanol–water partition coefficient (Wildman–Crippen LogP) is 2.96. The Balaban J connectivity index is 2.30. The number of hydrogen-bond donors (Lipinski definition) is 2. The average Bonchev–Trinajstić information content (AvgIpc) is 2.46. The first-order valence-electron chi connectivity index (χ1n) is 7.76. The molecule has 0 aliphatic heterocycles. The summed E-state index contributed by atoms with van der Waals surface area (Å²) in [4.78, 5) is 11.6. The van der Waals surface area contributed by atoms with E-state index in [1.54, 1.807) is 0 Å². The van der Waals surface area contributed by atoms with Gasteiger partial charge in [0.25, 0.3) is 0 Å². The molecule has 1 amide bonds. The fourth-order valence-corrected chi connectivity index (χ4v) is 3.58. The van der Waals surface area contributed by atoms with Crippen LogP contribution in [-0.2, 0) is 4.79 Å². The quantitative estimate of drug-likeness (QED) is 0.838. The average molecular weight is 274 g/mol. The summed E-state index contributed by atoms with van der Waals surface area (Å²) in [6, 6.07) is 10.6. The minimum absolute atomic E-state index is 0.151. The van der Waals surface area contributed by atoms with Gasteiger partial charge in [-0.25, -0.2) is 0 Å². The number of carbonyl (C=O) groups excluding carboxylic acids is 1. The van der Waals surface area contributed by atoms with Crippen molar-refractivity contribution in [3.63, 3.8) is 0 Å². The van der Waals surface area contributed by atoms with Crippen LogP contribution in [0.2, 0.25) is 0 Å². The van der Waals surface area contributed by atoms with Gasteiger partial charge in [-0.15, -0.1) is 0 Å². The molecular weight excluding hydrogens is 248 g/mol. The summed E-state index contributed by atoms with van der Waals surface area (Å²) in [6.07, 6.45) is 6.08. The summed E-state index contributed by atoms with van der Waals surface area (Å²) in [5, 5.41) is 3.66.